The van der Waals surface area contributed by atoms with Crippen molar-refractivity contribution in [2.24, 2.45) is 4.99 Å². The van der Waals surface area contributed by atoms with E-state index in [1.807, 2.05) is 21.0 Å². The molecule has 0 saturated heterocycles. The zero-order valence-corrected chi connectivity index (χ0v) is 6.10. The lowest BCUT2D eigenvalue weighted by molar-refractivity contribution is 0.531. The molecule has 0 heterocycles. The number of amidine groups is 1. The van der Waals surface area contributed by atoms with Gasteiger partial charge in [-0.1, -0.05) is 0 Å². The lowest BCUT2D eigenvalue weighted by atomic mass is 10.5. The summed E-state index contributed by atoms with van der Waals surface area (Å²) >= 11 is 0. The first kappa shape index (κ1) is 7.47. The zero-order chi connectivity index (χ0) is 6.57. The molecule has 0 aliphatic carbocycles. The molecule has 0 amide bonds. The highest BCUT2D eigenvalue weighted by Gasteiger charge is 1.91. The average Bonchev–Trinajstić information content (AvgIpc) is 1.84. The minimum atomic E-state index is 1.03. The van der Waals surface area contributed by atoms with Crippen LogP contribution in [0.1, 0.15) is 13.8 Å². The standard InChI is InChI=1S/C6H14N2/c1-5-8(4)6(2)7-3/h5H2,1-4H3/b7-6-. The van der Waals surface area contributed by atoms with Gasteiger partial charge in [0.05, 0.1) is 5.84 Å². The summed E-state index contributed by atoms with van der Waals surface area (Å²) in [7, 11) is 3.84. The Morgan fingerprint density at radius 2 is 2.12 bits per heavy atom. The second kappa shape index (κ2) is 3.47. The van der Waals surface area contributed by atoms with E-state index in [-0.39, 0.29) is 0 Å². The van der Waals surface area contributed by atoms with Gasteiger partial charge in [-0.15, -0.1) is 0 Å². The Morgan fingerprint density at radius 3 is 2.25 bits per heavy atom. The van der Waals surface area contributed by atoms with Gasteiger partial charge in [-0.3, -0.25) is 4.99 Å². The normalized spacial score (nSPS) is 11.8. The fourth-order valence-corrected chi connectivity index (χ4v) is 0.400. The van der Waals surface area contributed by atoms with Crippen LogP contribution in [0.15, 0.2) is 4.99 Å². The van der Waals surface area contributed by atoms with E-state index in [1.54, 1.807) is 0 Å². The summed E-state index contributed by atoms with van der Waals surface area (Å²) in [6.45, 7) is 5.14. The molecule has 0 unspecified atom stereocenters. The summed E-state index contributed by atoms with van der Waals surface area (Å²) in [5.74, 6) is 1.09. The Bertz CT molecular complexity index is 86.5. The largest absolute Gasteiger partial charge is 0.364 e. The second-order valence-electron chi connectivity index (χ2n) is 1.78. The highest BCUT2D eigenvalue weighted by Crippen LogP contribution is 1.82. The molecule has 0 aliphatic heterocycles. The third-order valence-corrected chi connectivity index (χ3v) is 1.35. The van der Waals surface area contributed by atoms with Crippen LogP contribution in [-0.2, 0) is 0 Å². The van der Waals surface area contributed by atoms with Gasteiger partial charge in [0.25, 0.3) is 0 Å². The van der Waals surface area contributed by atoms with Gasteiger partial charge < -0.3 is 4.90 Å². The maximum Gasteiger partial charge on any atom is 0.0951 e. The highest BCUT2D eigenvalue weighted by molar-refractivity contribution is 5.79. The first-order valence-corrected chi connectivity index (χ1v) is 2.86. The molecule has 0 aromatic heterocycles. The van der Waals surface area contributed by atoms with Gasteiger partial charge >= 0.3 is 0 Å². The van der Waals surface area contributed by atoms with E-state index in [1.165, 1.54) is 0 Å². The third kappa shape index (κ3) is 1.96. The Morgan fingerprint density at radius 1 is 1.62 bits per heavy atom. The highest BCUT2D eigenvalue weighted by atomic mass is 15.1. The van der Waals surface area contributed by atoms with Crippen LogP contribution in [0.3, 0.4) is 0 Å². The number of rotatable bonds is 1. The SMILES string of the molecule is CCN(C)/C(C)=N\C. The number of aliphatic imine (C=N–C) groups is 1. The van der Waals surface area contributed by atoms with Crippen LogP contribution in [0.5, 0.6) is 0 Å². The van der Waals surface area contributed by atoms with Crippen molar-refractivity contribution >= 4 is 5.84 Å². The lowest BCUT2D eigenvalue weighted by Crippen LogP contribution is -2.23. The molecule has 48 valence electrons. The predicted octanol–water partition coefficient (Wildman–Crippen LogP) is 0.986. The van der Waals surface area contributed by atoms with Crippen LogP contribution in [0.4, 0.5) is 0 Å². The molecule has 8 heavy (non-hydrogen) atoms. The van der Waals surface area contributed by atoms with Crippen LogP contribution in [0.25, 0.3) is 0 Å². The van der Waals surface area contributed by atoms with Crippen molar-refractivity contribution in [3.63, 3.8) is 0 Å². The number of hydrogen-bond donors (Lipinski definition) is 0. The van der Waals surface area contributed by atoms with Crippen molar-refractivity contribution in [1.82, 2.24) is 4.90 Å². The Labute approximate surface area is 51.2 Å². The van der Waals surface area contributed by atoms with Crippen molar-refractivity contribution in [2.75, 3.05) is 20.6 Å². The third-order valence-electron chi connectivity index (χ3n) is 1.35. The molecule has 0 fully saturated rings. The van der Waals surface area contributed by atoms with Crippen molar-refractivity contribution in [3.05, 3.63) is 0 Å². The van der Waals surface area contributed by atoms with E-state index in [2.05, 4.69) is 16.8 Å². The van der Waals surface area contributed by atoms with Crippen LogP contribution in [0.2, 0.25) is 0 Å². The number of nitrogens with zero attached hydrogens (tertiary/aromatic N) is 2. The fourth-order valence-electron chi connectivity index (χ4n) is 0.400. The Balaban J connectivity index is 3.63. The van der Waals surface area contributed by atoms with Crippen molar-refractivity contribution in [1.29, 1.82) is 0 Å². The van der Waals surface area contributed by atoms with Crippen LogP contribution >= 0.6 is 0 Å². The lowest BCUT2D eigenvalue weighted by Gasteiger charge is -2.14. The summed E-state index contributed by atoms with van der Waals surface area (Å²) in [6.07, 6.45) is 0. The quantitative estimate of drug-likeness (QED) is 0.366. The smallest absolute Gasteiger partial charge is 0.0951 e. The fraction of sp³-hybridized carbons (Fsp3) is 0.833. The Kier molecular flexibility index (Phi) is 3.24. The van der Waals surface area contributed by atoms with E-state index in [4.69, 9.17) is 0 Å². The minimum Gasteiger partial charge on any atom is -0.364 e. The van der Waals surface area contributed by atoms with Crippen LogP contribution < -0.4 is 0 Å². The van der Waals surface area contributed by atoms with Gasteiger partial charge in [0, 0.05) is 20.6 Å². The molecule has 0 rings (SSSR count). The molecule has 0 radical (unpaired) electrons. The van der Waals surface area contributed by atoms with Gasteiger partial charge in [-0.05, 0) is 13.8 Å². The van der Waals surface area contributed by atoms with Crippen LogP contribution in [0, 0.1) is 0 Å². The van der Waals surface area contributed by atoms with E-state index in [0.29, 0.717) is 0 Å². The first-order chi connectivity index (χ1) is 3.72. The van der Waals surface area contributed by atoms with Gasteiger partial charge in [0.15, 0.2) is 0 Å². The second-order valence-corrected chi connectivity index (χ2v) is 1.78. The molecule has 0 aromatic carbocycles. The van der Waals surface area contributed by atoms with E-state index >= 15 is 0 Å². The molecular weight excluding hydrogens is 100 g/mol. The van der Waals surface area contributed by atoms with Crippen LogP contribution in [-0.4, -0.2) is 31.4 Å². The van der Waals surface area contributed by atoms with Crippen molar-refractivity contribution < 1.29 is 0 Å². The maximum atomic E-state index is 4.00. The zero-order valence-electron chi connectivity index (χ0n) is 6.10. The van der Waals surface area contributed by atoms with Gasteiger partial charge in [-0.25, -0.2) is 0 Å². The summed E-state index contributed by atoms with van der Waals surface area (Å²) in [6, 6.07) is 0. The van der Waals surface area contributed by atoms with E-state index in [9.17, 15) is 0 Å². The van der Waals surface area contributed by atoms with Gasteiger partial charge in [0.1, 0.15) is 0 Å². The molecule has 0 atom stereocenters. The van der Waals surface area contributed by atoms with E-state index in [0.717, 1.165) is 12.4 Å². The van der Waals surface area contributed by atoms with Crippen molar-refractivity contribution in [2.45, 2.75) is 13.8 Å². The minimum absolute atomic E-state index is 1.03. The monoisotopic (exact) mass is 114 g/mol. The summed E-state index contributed by atoms with van der Waals surface area (Å²) in [5.41, 5.74) is 0. The first-order valence-electron chi connectivity index (χ1n) is 2.86. The molecule has 0 saturated carbocycles. The number of hydrogen-bond acceptors (Lipinski definition) is 1. The predicted molar refractivity (Wildman–Crippen MR) is 37.3 cm³/mol. The molecular formula is C6H14N2. The van der Waals surface area contributed by atoms with E-state index < -0.39 is 0 Å². The van der Waals surface area contributed by atoms with Gasteiger partial charge in [-0.2, -0.15) is 0 Å². The molecule has 2 heteroatoms. The molecule has 0 bridgehead atoms. The Hall–Kier alpha value is -0.530. The molecule has 0 aromatic rings. The molecule has 0 N–H and O–H groups in total. The summed E-state index contributed by atoms with van der Waals surface area (Å²) < 4.78 is 0. The maximum absolute atomic E-state index is 4.00. The molecule has 0 spiro atoms. The topological polar surface area (TPSA) is 15.6 Å². The van der Waals surface area contributed by atoms with Crippen molar-refractivity contribution in [3.8, 4) is 0 Å². The van der Waals surface area contributed by atoms with Gasteiger partial charge in [0.2, 0.25) is 0 Å². The average molecular weight is 114 g/mol. The molecule has 2 nitrogen and oxygen atoms in total. The molecule has 0 aliphatic rings. The summed E-state index contributed by atoms with van der Waals surface area (Å²) in [5, 5.41) is 0. The summed E-state index contributed by atoms with van der Waals surface area (Å²) in [4.78, 5) is 6.10.